The van der Waals surface area contributed by atoms with E-state index < -0.39 is 12.1 Å². The molecule has 0 aliphatic rings. The molecule has 360 valence electrons. The van der Waals surface area contributed by atoms with E-state index >= 15 is 0 Å². The highest BCUT2D eigenvalue weighted by Gasteiger charge is 2.20. The third-order valence-corrected chi connectivity index (χ3v) is 12.5. The van der Waals surface area contributed by atoms with E-state index in [1.807, 2.05) is 0 Å². The molecule has 0 spiro atoms. The lowest BCUT2D eigenvalue weighted by atomic mass is 10.0. The number of allylic oxidation sites excluding steroid dienone is 4. The van der Waals surface area contributed by atoms with Crippen LogP contribution in [0.1, 0.15) is 290 Å². The van der Waals surface area contributed by atoms with Gasteiger partial charge in [0.15, 0.2) is 0 Å². The fourth-order valence-electron chi connectivity index (χ4n) is 8.34. The number of unbranched alkanes of at least 4 members (excludes halogenated alkanes) is 36. The Morgan fingerprint density at radius 3 is 1.21 bits per heavy atom. The van der Waals surface area contributed by atoms with Crippen molar-refractivity contribution in [3.8, 4) is 0 Å². The zero-order chi connectivity index (χ0) is 44.4. The van der Waals surface area contributed by atoms with E-state index in [-0.39, 0.29) is 18.5 Å². The van der Waals surface area contributed by atoms with Gasteiger partial charge in [-0.15, -0.1) is 0 Å². The molecule has 61 heavy (non-hydrogen) atoms. The Kier molecular flexibility index (Phi) is 49.6. The molecule has 6 nitrogen and oxygen atoms in total. The van der Waals surface area contributed by atoms with Crippen LogP contribution in [0.25, 0.3) is 0 Å². The average molecular weight is 860 g/mol. The number of amides is 1. The molecule has 6 heteroatoms. The van der Waals surface area contributed by atoms with Gasteiger partial charge < -0.3 is 20.3 Å². The molecule has 0 bridgehead atoms. The quantitative estimate of drug-likeness (QED) is 0.0322. The van der Waals surface area contributed by atoms with Crippen LogP contribution < -0.4 is 5.32 Å². The Morgan fingerprint density at radius 2 is 0.803 bits per heavy atom. The molecule has 0 radical (unpaired) electrons. The minimum Gasteiger partial charge on any atom is -0.466 e. The van der Waals surface area contributed by atoms with Crippen LogP contribution in [0, 0.1) is 0 Å². The lowest BCUT2D eigenvalue weighted by Crippen LogP contribution is -2.45. The van der Waals surface area contributed by atoms with Crippen molar-refractivity contribution in [3.63, 3.8) is 0 Å². The second-order valence-corrected chi connectivity index (χ2v) is 18.6. The van der Waals surface area contributed by atoms with Crippen molar-refractivity contribution in [1.29, 1.82) is 0 Å². The minimum absolute atomic E-state index is 0.0107. The van der Waals surface area contributed by atoms with Gasteiger partial charge in [-0.1, -0.05) is 244 Å². The zero-order valence-electron chi connectivity index (χ0n) is 40.9. The number of carbonyl (C=O) groups excluding carboxylic acids is 2. The summed E-state index contributed by atoms with van der Waals surface area (Å²) in [5.74, 6) is -0.0571. The highest BCUT2D eigenvalue weighted by molar-refractivity contribution is 5.76. The first kappa shape index (κ1) is 59.3. The molecular formula is C55H105NO5. The molecule has 1 amide bonds. The van der Waals surface area contributed by atoms with Crippen LogP contribution in [0.15, 0.2) is 24.3 Å². The maximum Gasteiger partial charge on any atom is 0.305 e. The van der Waals surface area contributed by atoms with Crippen LogP contribution in [0.3, 0.4) is 0 Å². The van der Waals surface area contributed by atoms with Gasteiger partial charge in [0.1, 0.15) is 0 Å². The first-order valence-corrected chi connectivity index (χ1v) is 27.1. The van der Waals surface area contributed by atoms with Crippen LogP contribution in [0.2, 0.25) is 0 Å². The first-order valence-electron chi connectivity index (χ1n) is 27.1. The van der Waals surface area contributed by atoms with Gasteiger partial charge in [0.2, 0.25) is 5.91 Å². The fraction of sp³-hybridized carbons (Fsp3) is 0.891. The van der Waals surface area contributed by atoms with Gasteiger partial charge in [-0.05, 0) is 57.8 Å². The number of hydrogen-bond acceptors (Lipinski definition) is 5. The third-order valence-electron chi connectivity index (χ3n) is 12.5. The predicted molar refractivity (Wildman–Crippen MR) is 264 cm³/mol. The van der Waals surface area contributed by atoms with Crippen molar-refractivity contribution in [2.75, 3.05) is 13.2 Å². The van der Waals surface area contributed by atoms with Crippen molar-refractivity contribution in [1.82, 2.24) is 5.32 Å². The number of nitrogens with one attached hydrogen (secondary N) is 1. The number of carbonyl (C=O) groups is 2. The van der Waals surface area contributed by atoms with Crippen LogP contribution >= 0.6 is 0 Å². The summed E-state index contributed by atoms with van der Waals surface area (Å²) in [5.41, 5.74) is 0. The molecule has 0 aromatic carbocycles. The average Bonchev–Trinajstić information content (AvgIpc) is 3.26. The molecule has 3 N–H and O–H groups in total. The van der Waals surface area contributed by atoms with Crippen molar-refractivity contribution in [2.24, 2.45) is 0 Å². The maximum atomic E-state index is 12.4. The van der Waals surface area contributed by atoms with E-state index in [1.54, 1.807) is 0 Å². The van der Waals surface area contributed by atoms with Crippen molar-refractivity contribution >= 4 is 11.9 Å². The number of ether oxygens (including phenoxy) is 1. The number of aliphatic hydroxyl groups is 2. The molecule has 0 rings (SSSR count). The number of esters is 1. The van der Waals surface area contributed by atoms with E-state index in [1.165, 1.54) is 186 Å². The maximum absolute atomic E-state index is 12.4. The summed E-state index contributed by atoms with van der Waals surface area (Å²) in [6, 6.07) is -0.547. The molecular weight excluding hydrogens is 755 g/mol. The molecule has 0 saturated heterocycles. The summed E-state index contributed by atoms with van der Waals surface area (Å²) < 4.78 is 5.45. The summed E-state index contributed by atoms with van der Waals surface area (Å²) in [6.45, 7) is 4.90. The van der Waals surface area contributed by atoms with Gasteiger partial charge in [-0.25, -0.2) is 0 Å². The van der Waals surface area contributed by atoms with Crippen LogP contribution in [-0.2, 0) is 14.3 Å². The van der Waals surface area contributed by atoms with Crippen LogP contribution in [0.5, 0.6) is 0 Å². The van der Waals surface area contributed by atoms with Gasteiger partial charge in [-0.2, -0.15) is 0 Å². The van der Waals surface area contributed by atoms with Gasteiger partial charge in [-0.3, -0.25) is 9.59 Å². The Labute approximate surface area is 380 Å². The Bertz CT molecular complexity index is 951. The third kappa shape index (κ3) is 47.7. The van der Waals surface area contributed by atoms with Crippen molar-refractivity contribution in [2.45, 2.75) is 302 Å². The van der Waals surface area contributed by atoms with E-state index in [2.05, 4.69) is 43.5 Å². The number of hydrogen-bond donors (Lipinski definition) is 3. The molecule has 0 heterocycles. The normalized spacial score (nSPS) is 12.8. The lowest BCUT2D eigenvalue weighted by Gasteiger charge is -2.22. The Hall–Kier alpha value is -1.66. The minimum atomic E-state index is -0.668. The zero-order valence-corrected chi connectivity index (χ0v) is 40.9. The highest BCUT2D eigenvalue weighted by atomic mass is 16.5. The summed E-state index contributed by atoms with van der Waals surface area (Å²) in [7, 11) is 0. The summed E-state index contributed by atoms with van der Waals surface area (Å²) in [4.78, 5) is 24.4. The predicted octanol–water partition coefficient (Wildman–Crippen LogP) is 16.3. The molecule has 0 aliphatic heterocycles. The van der Waals surface area contributed by atoms with Gasteiger partial charge in [0.05, 0.1) is 25.4 Å². The fourth-order valence-corrected chi connectivity index (χ4v) is 8.34. The Balaban J connectivity index is 3.45. The summed E-state index contributed by atoms with van der Waals surface area (Å²) >= 11 is 0. The van der Waals surface area contributed by atoms with E-state index in [4.69, 9.17) is 4.74 Å². The van der Waals surface area contributed by atoms with E-state index in [0.29, 0.717) is 25.9 Å². The number of aliphatic hydroxyl groups excluding tert-OH is 2. The van der Waals surface area contributed by atoms with Crippen LogP contribution in [-0.4, -0.2) is 47.4 Å². The second kappa shape index (κ2) is 51.0. The molecule has 0 saturated carbocycles. The van der Waals surface area contributed by atoms with Crippen molar-refractivity contribution < 1.29 is 24.5 Å². The summed E-state index contributed by atoms with van der Waals surface area (Å²) in [6.07, 6.45) is 60.2. The molecule has 2 atom stereocenters. The lowest BCUT2D eigenvalue weighted by molar-refractivity contribution is -0.143. The Morgan fingerprint density at radius 1 is 0.459 bits per heavy atom. The van der Waals surface area contributed by atoms with Gasteiger partial charge in [0, 0.05) is 12.8 Å². The molecule has 2 unspecified atom stereocenters. The second-order valence-electron chi connectivity index (χ2n) is 18.6. The van der Waals surface area contributed by atoms with Crippen molar-refractivity contribution in [3.05, 3.63) is 24.3 Å². The molecule has 0 aliphatic carbocycles. The topological polar surface area (TPSA) is 95.9 Å². The molecule has 0 aromatic heterocycles. The molecule has 0 aromatic rings. The van der Waals surface area contributed by atoms with Crippen LogP contribution in [0.4, 0.5) is 0 Å². The van der Waals surface area contributed by atoms with E-state index in [0.717, 1.165) is 70.6 Å². The van der Waals surface area contributed by atoms with Gasteiger partial charge >= 0.3 is 5.97 Å². The number of rotatable bonds is 50. The molecule has 0 fully saturated rings. The highest BCUT2D eigenvalue weighted by Crippen LogP contribution is 2.16. The van der Waals surface area contributed by atoms with Gasteiger partial charge in [0.25, 0.3) is 0 Å². The monoisotopic (exact) mass is 860 g/mol. The van der Waals surface area contributed by atoms with E-state index in [9.17, 15) is 19.8 Å². The standard InChI is InChI=1S/C55H105NO5/c1-3-5-7-9-11-13-15-16-22-26-29-33-37-41-45-49-55(60)61-50-46-42-38-34-30-27-24-21-19-17-18-20-23-25-28-32-36-40-44-48-54(59)56-52(51-57)53(58)47-43-39-35-31-14-12-10-8-6-4-2/h21,24,27,30,52-53,57-58H,3-20,22-23,25-26,28-29,31-51H2,1-2H3,(H,56,59)/b24-21-,30-27-. The smallest absolute Gasteiger partial charge is 0.305 e. The largest absolute Gasteiger partial charge is 0.466 e. The SMILES string of the molecule is CCCCCCCCCCCCCCCCCC(=O)OCCCCC/C=C\C=C/CCCCCCCCCCCCC(=O)NC(CO)C(O)CCCCCCCCCCCC. The first-order chi connectivity index (χ1) is 30.0. The summed E-state index contributed by atoms with van der Waals surface area (Å²) in [5, 5.41) is 23.1.